The van der Waals surface area contributed by atoms with E-state index in [4.69, 9.17) is 16.3 Å². The van der Waals surface area contributed by atoms with E-state index >= 15 is 0 Å². The molecule has 3 N–H and O–H groups in total. The van der Waals surface area contributed by atoms with Crippen LogP contribution >= 0.6 is 11.6 Å². The molecule has 0 bridgehead atoms. The maximum Gasteiger partial charge on any atom is 0.295 e. The lowest BCUT2D eigenvalue weighted by Crippen LogP contribution is -2.31. The Labute approximate surface area is 218 Å². The Bertz CT molecular complexity index is 1550. The molecule has 7 nitrogen and oxygen atoms in total. The summed E-state index contributed by atoms with van der Waals surface area (Å²) in [5.41, 5.74) is 3.49. The van der Waals surface area contributed by atoms with Gasteiger partial charge in [-0.3, -0.25) is 9.59 Å². The SMILES string of the molecule is COc1c(Cl)cc(C)cc1/C(O)=C1\C(=O)C(=O)N(CCc2c[nH]c3ccccc23)C1c1ccc(O)cc1. The van der Waals surface area contributed by atoms with Crippen molar-refractivity contribution in [3.63, 3.8) is 0 Å². The van der Waals surface area contributed by atoms with Crippen molar-refractivity contribution in [3.05, 3.63) is 99.7 Å². The average molecular weight is 517 g/mol. The van der Waals surface area contributed by atoms with Crippen LogP contribution in [0.2, 0.25) is 5.02 Å². The van der Waals surface area contributed by atoms with E-state index in [9.17, 15) is 19.8 Å². The number of para-hydroxylation sites is 1. The number of ketones is 1. The summed E-state index contributed by atoms with van der Waals surface area (Å²) in [5, 5.41) is 22.6. The molecular weight excluding hydrogens is 492 g/mol. The number of ether oxygens (including phenoxy) is 1. The van der Waals surface area contributed by atoms with Gasteiger partial charge in [0, 0.05) is 23.6 Å². The number of carbonyl (C=O) groups is 2. The molecule has 8 heteroatoms. The number of hydrogen-bond donors (Lipinski definition) is 3. The van der Waals surface area contributed by atoms with E-state index in [0.717, 1.165) is 22.0 Å². The molecule has 0 spiro atoms. The summed E-state index contributed by atoms with van der Waals surface area (Å²) in [5.74, 6) is -1.62. The number of nitrogens with one attached hydrogen (secondary N) is 1. The summed E-state index contributed by atoms with van der Waals surface area (Å²) in [4.78, 5) is 31.4. The zero-order chi connectivity index (χ0) is 26.3. The number of benzene rings is 3. The highest BCUT2D eigenvalue weighted by molar-refractivity contribution is 6.46. The van der Waals surface area contributed by atoms with Crippen LogP contribution in [0.3, 0.4) is 0 Å². The average Bonchev–Trinajstić information content (AvgIpc) is 3.41. The van der Waals surface area contributed by atoms with Crippen molar-refractivity contribution >= 4 is 40.0 Å². The number of carbonyl (C=O) groups excluding carboxylic acids is 2. The number of H-pyrrole nitrogens is 1. The van der Waals surface area contributed by atoms with Gasteiger partial charge in [-0.25, -0.2) is 0 Å². The normalized spacial score (nSPS) is 17.1. The largest absolute Gasteiger partial charge is 0.508 e. The summed E-state index contributed by atoms with van der Waals surface area (Å²) in [6, 6.07) is 16.6. The molecule has 1 unspecified atom stereocenters. The lowest BCUT2D eigenvalue weighted by molar-refractivity contribution is -0.139. The molecule has 4 aromatic rings. The van der Waals surface area contributed by atoms with Gasteiger partial charge < -0.3 is 24.8 Å². The van der Waals surface area contributed by atoms with E-state index in [1.54, 1.807) is 31.2 Å². The molecule has 1 aliphatic rings. The summed E-state index contributed by atoms with van der Waals surface area (Å²) in [6.07, 6.45) is 2.39. The first-order chi connectivity index (χ1) is 17.8. The molecule has 1 amide bonds. The summed E-state index contributed by atoms with van der Waals surface area (Å²) in [6.45, 7) is 2.04. The molecule has 1 aliphatic heterocycles. The third-order valence-corrected chi connectivity index (χ3v) is 6.97. The number of fused-ring (bicyclic) bond motifs is 1. The topological polar surface area (TPSA) is 103 Å². The van der Waals surface area contributed by atoms with Crippen molar-refractivity contribution in [2.75, 3.05) is 13.7 Å². The Morgan fingerprint density at radius 3 is 2.57 bits per heavy atom. The molecule has 0 aliphatic carbocycles. The monoisotopic (exact) mass is 516 g/mol. The molecule has 5 rings (SSSR count). The molecule has 188 valence electrons. The second-order valence-corrected chi connectivity index (χ2v) is 9.43. The molecule has 0 saturated carbocycles. The van der Waals surface area contributed by atoms with Crippen LogP contribution in [0.1, 0.15) is 28.3 Å². The van der Waals surface area contributed by atoms with Gasteiger partial charge in [-0.2, -0.15) is 0 Å². The third kappa shape index (κ3) is 4.32. The summed E-state index contributed by atoms with van der Waals surface area (Å²) in [7, 11) is 1.42. The van der Waals surface area contributed by atoms with Gasteiger partial charge in [0.2, 0.25) is 0 Å². The first-order valence-corrected chi connectivity index (χ1v) is 12.1. The first kappa shape index (κ1) is 24.5. The lowest BCUT2D eigenvalue weighted by atomic mass is 9.94. The van der Waals surface area contributed by atoms with E-state index in [0.29, 0.717) is 12.0 Å². The Morgan fingerprint density at radius 2 is 1.84 bits per heavy atom. The quantitative estimate of drug-likeness (QED) is 0.178. The highest BCUT2D eigenvalue weighted by Gasteiger charge is 2.46. The number of likely N-dealkylation sites (tertiary alicyclic amines) is 1. The fraction of sp³-hybridized carbons (Fsp3) is 0.172. The Hall–Kier alpha value is -4.23. The number of Topliss-reactive ketones (excluding diaryl/α,β-unsaturated/α-hetero) is 1. The smallest absolute Gasteiger partial charge is 0.295 e. The number of aliphatic hydroxyl groups is 1. The molecule has 1 aromatic heterocycles. The van der Waals surface area contributed by atoms with Crippen LogP contribution in [0, 0.1) is 6.92 Å². The number of methoxy groups -OCH3 is 1. The van der Waals surface area contributed by atoms with Crippen LogP contribution in [-0.4, -0.2) is 45.4 Å². The molecular formula is C29H25ClN2O5. The fourth-order valence-electron chi connectivity index (χ4n) is 4.95. The van der Waals surface area contributed by atoms with Crippen molar-refractivity contribution in [3.8, 4) is 11.5 Å². The number of aromatic hydroxyl groups is 1. The number of aliphatic hydroxyl groups excluding tert-OH is 1. The molecule has 2 heterocycles. The molecule has 1 atom stereocenters. The number of aromatic nitrogens is 1. The number of phenols is 1. The fourth-order valence-corrected chi connectivity index (χ4v) is 5.30. The minimum absolute atomic E-state index is 0.0478. The number of phenolic OH excluding ortho intramolecular Hbond substituents is 1. The maximum atomic E-state index is 13.4. The van der Waals surface area contributed by atoms with Crippen LogP contribution in [-0.2, 0) is 16.0 Å². The Morgan fingerprint density at radius 1 is 1.11 bits per heavy atom. The molecule has 1 fully saturated rings. The summed E-state index contributed by atoms with van der Waals surface area (Å²) >= 11 is 6.35. The highest BCUT2D eigenvalue weighted by atomic mass is 35.5. The Kier molecular flexibility index (Phi) is 6.39. The van der Waals surface area contributed by atoms with Gasteiger partial charge in [0.25, 0.3) is 11.7 Å². The van der Waals surface area contributed by atoms with Gasteiger partial charge in [-0.15, -0.1) is 0 Å². The minimum Gasteiger partial charge on any atom is -0.508 e. The van der Waals surface area contributed by atoms with E-state index in [1.807, 2.05) is 30.5 Å². The number of amides is 1. The molecule has 3 aromatic carbocycles. The second-order valence-electron chi connectivity index (χ2n) is 9.02. The molecule has 1 saturated heterocycles. The Balaban J connectivity index is 1.62. The third-order valence-electron chi connectivity index (χ3n) is 6.69. The van der Waals surface area contributed by atoms with Crippen molar-refractivity contribution in [1.29, 1.82) is 0 Å². The number of hydrogen-bond acceptors (Lipinski definition) is 5. The summed E-state index contributed by atoms with van der Waals surface area (Å²) < 4.78 is 5.42. The van der Waals surface area contributed by atoms with Crippen LogP contribution in [0.4, 0.5) is 0 Å². The van der Waals surface area contributed by atoms with Crippen LogP contribution in [0.5, 0.6) is 11.5 Å². The van der Waals surface area contributed by atoms with Gasteiger partial charge >= 0.3 is 0 Å². The molecule has 0 radical (unpaired) electrons. The predicted molar refractivity (Wildman–Crippen MR) is 142 cm³/mol. The maximum absolute atomic E-state index is 13.4. The van der Waals surface area contributed by atoms with Gasteiger partial charge in [0.15, 0.2) is 0 Å². The number of nitrogens with zero attached hydrogens (tertiary/aromatic N) is 1. The molecule has 37 heavy (non-hydrogen) atoms. The first-order valence-electron chi connectivity index (χ1n) is 11.8. The number of aryl methyl sites for hydroxylation is 1. The van der Waals surface area contributed by atoms with Crippen molar-refractivity contribution in [2.24, 2.45) is 0 Å². The number of halogens is 1. The van der Waals surface area contributed by atoms with E-state index in [1.165, 1.54) is 24.1 Å². The van der Waals surface area contributed by atoms with Crippen molar-refractivity contribution < 1.29 is 24.5 Å². The van der Waals surface area contributed by atoms with E-state index in [2.05, 4.69) is 4.98 Å². The minimum atomic E-state index is -0.866. The van der Waals surface area contributed by atoms with Crippen molar-refractivity contribution in [2.45, 2.75) is 19.4 Å². The van der Waals surface area contributed by atoms with Crippen molar-refractivity contribution in [1.82, 2.24) is 9.88 Å². The van der Waals surface area contributed by atoms with Gasteiger partial charge in [-0.05, 0) is 60.4 Å². The zero-order valence-electron chi connectivity index (χ0n) is 20.3. The zero-order valence-corrected chi connectivity index (χ0v) is 21.0. The van der Waals surface area contributed by atoms with Gasteiger partial charge in [0.05, 0.1) is 29.3 Å². The number of aromatic amines is 1. The lowest BCUT2D eigenvalue weighted by Gasteiger charge is -2.25. The van der Waals surface area contributed by atoms with Crippen LogP contribution in [0.25, 0.3) is 16.7 Å². The van der Waals surface area contributed by atoms with Gasteiger partial charge in [-0.1, -0.05) is 41.9 Å². The number of rotatable bonds is 6. The van der Waals surface area contributed by atoms with Gasteiger partial charge in [0.1, 0.15) is 17.3 Å². The van der Waals surface area contributed by atoms with Crippen LogP contribution < -0.4 is 4.74 Å². The van der Waals surface area contributed by atoms with E-state index in [-0.39, 0.29) is 40.0 Å². The second kappa shape index (κ2) is 9.67. The van der Waals surface area contributed by atoms with Crippen LogP contribution in [0.15, 0.2) is 72.4 Å². The van der Waals surface area contributed by atoms with E-state index < -0.39 is 17.7 Å². The highest BCUT2D eigenvalue weighted by Crippen LogP contribution is 2.43. The standard InChI is InChI=1S/C29H25ClN2O5/c1-16-13-21(28(37-2)22(30)14-16)26(34)24-25(17-7-9-19(33)10-8-17)32(29(36)27(24)35)12-11-18-15-31-23-6-4-3-5-20(18)23/h3-10,13-15,25,31,33-34H,11-12H2,1-2H3/b26-24+. The predicted octanol–water partition coefficient (Wildman–Crippen LogP) is 5.51.